The summed E-state index contributed by atoms with van der Waals surface area (Å²) in [6.45, 7) is 7.06. The Kier molecular flexibility index (Phi) is 8.13. The lowest BCUT2D eigenvalue weighted by molar-refractivity contribution is 0.0376. The fourth-order valence-electron chi connectivity index (χ4n) is 3.74. The van der Waals surface area contributed by atoms with E-state index in [0.717, 1.165) is 88.8 Å². The zero-order valence-corrected chi connectivity index (χ0v) is 18.1. The molecule has 0 amide bonds. The molecule has 0 aliphatic carbocycles. The maximum absolute atomic E-state index is 6.21. The summed E-state index contributed by atoms with van der Waals surface area (Å²) in [7, 11) is 0. The van der Waals surface area contributed by atoms with Crippen LogP contribution in [0.2, 0.25) is 0 Å². The predicted octanol–water partition coefficient (Wildman–Crippen LogP) is 3.50. The van der Waals surface area contributed by atoms with Crippen LogP contribution in [0.3, 0.4) is 0 Å². The Labute approximate surface area is 184 Å². The smallest absolute Gasteiger partial charge is 0.230 e. The van der Waals surface area contributed by atoms with Gasteiger partial charge in [-0.3, -0.25) is 9.89 Å². The SMILES string of the molecule is c1ccc2c(c1)OCCCCCN=C(NCCCN1CCOCC1)c1cccnc1O2. The van der Waals surface area contributed by atoms with E-state index >= 15 is 0 Å². The highest BCUT2D eigenvalue weighted by Gasteiger charge is 2.16. The first kappa shape index (κ1) is 21.6. The molecular formula is C24H32N4O3. The van der Waals surface area contributed by atoms with E-state index in [1.165, 1.54) is 0 Å². The number of aromatic nitrogens is 1. The normalized spacial score (nSPS) is 18.0. The van der Waals surface area contributed by atoms with Crippen LogP contribution in [0, 0.1) is 0 Å². The monoisotopic (exact) mass is 424 g/mol. The molecule has 7 nitrogen and oxygen atoms in total. The number of nitrogens with one attached hydrogen (secondary N) is 1. The summed E-state index contributed by atoms with van der Waals surface area (Å²) in [6.07, 6.45) is 5.90. The zero-order chi connectivity index (χ0) is 21.1. The Hall–Kier alpha value is -2.64. The van der Waals surface area contributed by atoms with Gasteiger partial charge in [-0.2, -0.15) is 0 Å². The van der Waals surface area contributed by atoms with Gasteiger partial charge in [-0.25, -0.2) is 4.98 Å². The molecule has 31 heavy (non-hydrogen) atoms. The first-order chi connectivity index (χ1) is 15.4. The molecule has 2 aromatic rings. The number of morpholine rings is 1. The highest BCUT2D eigenvalue weighted by molar-refractivity contribution is 6.00. The average Bonchev–Trinajstić information content (AvgIpc) is 2.83. The Balaban J connectivity index is 1.48. The van der Waals surface area contributed by atoms with Crippen molar-refractivity contribution in [1.29, 1.82) is 0 Å². The van der Waals surface area contributed by atoms with Crippen molar-refractivity contribution >= 4 is 5.84 Å². The minimum atomic E-state index is 0.539. The van der Waals surface area contributed by atoms with Crippen LogP contribution in [-0.2, 0) is 4.74 Å². The number of hydrogen-bond acceptors (Lipinski definition) is 7. The summed E-state index contributed by atoms with van der Waals surface area (Å²) in [5.74, 6) is 2.81. The summed E-state index contributed by atoms with van der Waals surface area (Å²) in [6, 6.07) is 11.7. The zero-order valence-electron chi connectivity index (χ0n) is 18.1. The van der Waals surface area contributed by atoms with Crippen LogP contribution in [0.5, 0.6) is 17.4 Å². The molecular weight excluding hydrogens is 392 g/mol. The third-order valence-corrected chi connectivity index (χ3v) is 5.46. The van der Waals surface area contributed by atoms with E-state index in [2.05, 4.69) is 15.2 Å². The number of rotatable bonds is 4. The van der Waals surface area contributed by atoms with Crippen molar-refractivity contribution in [1.82, 2.24) is 15.2 Å². The van der Waals surface area contributed by atoms with Crippen molar-refractivity contribution in [2.45, 2.75) is 25.7 Å². The summed E-state index contributed by atoms with van der Waals surface area (Å²) in [4.78, 5) is 11.8. The molecule has 2 aliphatic rings. The molecule has 3 heterocycles. The van der Waals surface area contributed by atoms with Crippen LogP contribution >= 0.6 is 0 Å². The molecule has 1 N–H and O–H groups in total. The quantitative estimate of drug-likeness (QED) is 0.758. The van der Waals surface area contributed by atoms with Crippen molar-refractivity contribution in [3.63, 3.8) is 0 Å². The van der Waals surface area contributed by atoms with Crippen molar-refractivity contribution < 1.29 is 14.2 Å². The lowest BCUT2D eigenvalue weighted by atomic mass is 10.2. The number of amidine groups is 1. The first-order valence-corrected chi connectivity index (χ1v) is 11.3. The molecule has 0 bridgehead atoms. The molecule has 0 atom stereocenters. The van der Waals surface area contributed by atoms with Gasteiger partial charge in [-0.1, -0.05) is 12.1 Å². The molecule has 1 fully saturated rings. The summed E-state index contributed by atoms with van der Waals surface area (Å²) < 4.78 is 17.6. The van der Waals surface area contributed by atoms with E-state index in [-0.39, 0.29) is 0 Å². The molecule has 1 aromatic carbocycles. The standard InChI is InChI=1S/C24H32N4O3/c1-4-11-25-23(26-13-7-14-28-15-18-29-19-16-28)20-8-6-12-27-24(20)31-22-10-3-2-9-21(22)30-17-5-1/h2-3,6,8-10,12H,1,4-5,7,11,13-19H2,(H,25,26). The van der Waals surface area contributed by atoms with E-state index in [1.807, 2.05) is 36.4 Å². The van der Waals surface area contributed by atoms with Crippen LogP contribution in [0.1, 0.15) is 31.2 Å². The first-order valence-electron chi connectivity index (χ1n) is 11.3. The third-order valence-electron chi connectivity index (χ3n) is 5.46. The molecule has 0 radical (unpaired) electrons. The van der Waals surface area contributed by atoms with Gasteiger partial charge in [-0.15, -0.1) is 0 Å². The molecule has 2 aliphatic heterocycles. The number of fused-ring (bicyclic) bond motifs is 2. The van der Waals surface area contributed by atoms with Crippen LogP contribution in [0.15, 0.2) is 47.6 Å². The Morgan fingerprint density at radius 2 is 1.81 bits per heavy atom. The van der Waals surface area contributed by atoms with Gasteiger partial charge in [0.25, 0.3) is 0 Å². The number of pyridine rings is 1. The van der Waals surface area contributed by atoms with Crippen molar-refractivity contribution in [2.75, 3.05) is 52.5 Å². The fraction of sp³-hybridized carbons (Fsp3) is 0.500. The molecule has 0 spiro atoms. The van der Waals surface area contributed by atoms with Crippen molar-refractivity contribution in [3.05, 3.63) is 48.2 Å². The number of benzene rings is 1. The maximum atomic E-state index is 6.21. The number of hydrogen-bond donors (Lipinski definition) is 1. The largest absolute Gasteiger partial charge is 0.490 e. The minimum absolute atomic E-state index is 0.539. The van der Waals surface area contributed by atoms with Gasteiger partial charge in [0.15, 0.2) is 11.5 Å². The van der Waals surface area contributed by atoms with E-state index < -0.39 is 0 Å². The maximum Gasteiger partial charge on any atom is 0.230 e. The molecule has 4 rings (SSSR count). The van der Waals surface area contributed by atoms with Crippen LogP contribution in [0.25, 0.3) is 0 Å². The summed E-state index contributed by atoms with van der Waals surface area (Å²) in [5, 5.41) is 3.55. The van der Waals surface area contributed by atoms with Gasteiger partial charge in [-0.05, 0) is 56.5 Å². The average molecular weight is 425 g/mol. The van der Waals surface area contributed by atoms with Gasteiger partial charge in [0, 0.05) is 32.4 Å². The minimum Gasteiger partial charge on any atom is -0.490 e. The lowest BCUT2D eigenvalue weighted by Gasteiger charge is -2.26. The molecule has 1 saturated heterocycles. The highest BCUT2D eigenvalue weighted by Crippen LogP contribution is 2.32. The van der Waals surface area contributed by atoms with Gasteiger partial charge in [0.2, 0.25) is 5.88 Å². The molecule has 0 unspecified atom stereocenters. The molecule has 1 aromatic heterocycles. The van der Waals surface area contributed by atoms with E-state index in [9.17, 15) is 0 Å². The second-order valence-electron chi connectivity index (χ2n) is 7.78. The van der Waals surface area contributed by atoms with Crippen LogP contribution < -0.4 is 14.8 Å². The van der Waals surface area contributed by atoms with Gasteiger partial charge in [0.05, 0.1) is 25.4 Å². The fourth-order valence-corrected chi connectivity index (χ4v) is 3.74. The number of aliphatic imine (C=N–C) groups is 1. The van der Waals surface area contributed by atoms with E-state index in [1.54, 1.807) is 6.20 Å². The molecule has 0 saturated carbocycles. The summed E-state index contributed by atoms with van der Waals surface area (Å²) >= 11 is 0. The molecule has 7 heteroatoms. The lowest BCUT2D eigenvalue weighted by Crippen LogP contribution is -2.38. The van der Waals surface area contributed by atoms with Crippen molar-refractivity contribution in [2.24, 2.45) is 4.99 Å². The van der Waals surface area contributed by atoms with E-state index in [4.69, 9.17) is 19.2 Å². The van der Waals surface area contributed by atoms with Gasteiger partial charge in [0.1, 0.15) is 5.84 Å². The summed E-state index contributed by atoms with van der Waals surface area (Å²) in [5.41, 5.74) is 0.878. The van der Waals surface area contributed by atoms with Crippen LogP contribution in [-0.4, -0.2) is 68.3 Å². The number of ether oxygens (including phenoxy) is 3. The van der Waals surface area contributed by atoms with Gasteiger partial charge < -0.3 is 19.5 Å². The van der Waals surface area contributed by atoms with Crippen molar-refractivity contribution in [3.8, 4) is 17.4 Å². The Morgan fingerprint density at radius 1 is 0.935 bits per heavy atom. The highest BCUT2D eigenvalue weighted by atomic mass is 16.5. The van der Waals surface area contributed by atoms with Gasteiger partial charge >= 0.3 is 0 Å². The number of nitrogens with zero attached hydrogens (tertiary/aromatic N) is 3. The third kappa shape index (κ3) is 6.42. The Bertz CT molecular complexity index is 852. The second kappa shape index (κ2) is 11.7. The number of para-hydroxylation sites is 2. The topological polar surface area (TPSA) is 68.2 Å². The Morgan fingerprint density at radius 3 is 2.71 bits per heavy atom. The van der Waals surface area contributed by atoms with E-state index in [0.29, 0.717) is 18.2 Å². The predicted molar refractivity (Wildman–Crippen MR) is 121 cm³/mol. The van der Waals surface area contributed by atoms with Crippen LogP contribution in [0.4, 0.5) is 0 Å². The molecule has 166 valence electrons. The second-order valence-corrected chi connectivity index (χ2v) is 7.78.